The van der Waals surface area contributed by atoms with Crippen molar-refractivity contribution in [3.8, 4) is 5.75 Å². The molecule has 1 atom stereocenters. The fourth-order valence-electron chi connectivity index (χ4n) is 3.54. The normalized spacial score (nSPS) is 14.8. The topological polar surface area (TPSA) is 105 Å². The fraction of sp³-hybridized carbons (Fsp3) is 0.391. The molecule has 1 unspecified atom stereocenters. The number of methoxy groups -OCH3 is 1. The first kappa shape index (κ1) is 24.5. The number of ether oxygens (including phenoxy) is 2. The molecular formula is C23H29N3O6S. The van der Waals surface area contributed by atoms with Crippen LogP contribution >= 0.6 is 0 Å². The van der Waals surface area contributed by atoms with Crippen molar-refractivity contribution in [1.82, 2.24) is 4.31 Å². The molecule has 0 radical (unpaired) electrons. The lowest BCUT2D eigenvalue weighted by Crippen LogP contribution is -2.31. The predicted molar refractivity (Wildman–Crippen MR) is 125 cm³/mol. The number of benzene rings is 2. The van der Waals surface area contributed by atoms with Gasteiger partial charge in [0.1, 0.15) is 5.75 Å². The van der Waals surface area contributed by atoms with Crippen LogP contribution < -0.4 is 15.0 Å². The molecule has 1 amide bonds. The standard InChI is InChI=1S/C23H29N3O6S/c1-16(22(27)24-19-9-5-6-10-21(19)31-4)32-23(28)18-15-17(33(29,30)25(2)3)11-12-20(18)26-13-7-8-14-26/h5-6,9-12,15-16H,7-8,13-14H2,1-4H3,(H,24,27). The summed E-state index contributed by atoms with van der Waals surface area (Å²) in [6.07, 6.45) is 0.830. The SMILES string of the molecule is COc1ccccc1NC(=O)C(C)OC(=O)c1cc(S(=O)(=O)N(C)C)ccc1N1CCCC1. The number of carbonyl (C=O) groups excluding carboxylic acids is 2. The van der Waals surface area contributed by atoms with Gasteiger partial charge in [-0.15, -0.1) is 0 Å². The Kier molecular flexibility index (Phi) is 7.60. The summed E-state index contributed by atoms with van der Waals surface area (Å²) in [6.45, 7) is 2.96. The molecule has 0 spiro atoms. The van der Waals surface area contributed by atoms with E-state index < -0.39 is 28.0 Å². The highest BCUT2D eigenvalue weighted by Crippen LogP contribution is 2.29. The van der Waals surface area contributed by atoms with Crippen molar-refractivity contribution >= 4 is 33.3 Å². The van der Waals surface area contributed by atoms with Gasteiger partial charge in [0.05, 0.1) is 28.9 Å². The van der Waals surface area contributed by atoms with E-state index in [1.165, 1.54) is 40.3 Å². The first-order valence-electron chi connectivity index (χ1n) is 10.6. The monoisotopic (exact) mass is 475 g/mol. The van der Waals surface area contributed by atoms with Crippen LogP contribution in [0, 0.1) is 0 Å². The van der Waals surface area contributed by atoms with Gasteiger partial charge in [0.15, 0.2) is 6.10 Å². The summed E-state index contributed by atoms with van der Waals surface area (Å²) in [5, 5.41) is 2.68. The van der Waals surface area contributed by atoms with Crippen LogP contribution in [0.4, 0.5) is 11.4 Å². The average molecular weight is 476 g/mol. The third kappa shape index (κ3) is 5.45. The zero-order valence-corrected chi connectivity index (χ0v) is 20.0. The van der Waals surface area contributed by atoms with Gasteiger partial charge in [-0.05, 0) is 50.1 Å². The number of nitrogens with one attached hydrogen (secondary N) is 1. The Bertz CT molecular complexity index is 1130. The number of sulfonamides is 1. The maximum Gasteiger partial charge on any atom is 0.341 e. The molecule has 178 valence electrons. The number of nitrogens with zero attached hydrogens (tertiary/aromatic N) is 2. The third-order valence-electron chi connectivity index (χ3n) is 5.43. The lowest BCUT2D eigenvalue weighted by molar-refractivity contribution is -0.123. The lowest BCUT2D eigenvalue weighted by atomic mass is 10.1. The highest BCUT2D eigenvalue weighted by Gasteiger charge is 2.27. The molecule has 10 heteroatoms. The van der Waals surface area contributed by atoms with E-state index in [2.05, 4.69) is 5.32 Å². The molecule has 1 heterocycles. The zero-order chi connectivity index (χ0) is 24.2. The highest BCUT2D eigenvalue weighted by molar-refractivity contribution is 7.89. The van der Waals surface area contributed by atoms with Crippen LogP contribution in [0.25, 0.3) is 0 Å². The second-order valence-electron chi connectivity index (χ2n) is 7.90. The van der Waals surface area contributed by atoms with Gasteiger partial charge in [0.2, 0.25) is 10.0 Å². The van der Waals surface area contributed by atoms with Gasteiger partial charge < -0.3 is 19.7 Å². The van der Waals surface area contributed by atoms with E-state index in [1.54, 1.807) is 30.3 Å². The molecule has 0 saturated carbocycles. The molecule has 9 nitrogen and oxygen atoms in total. The lowest BCUT2D eigenvalue weighted by Gasteiger charge is -2.23. The Morgan fingerprint density at radius 1 is 1.09 bits per heavy atom. The smallest absolute Gasteiger partial charge is 0.341 e. The molecule has 0 aliphatic carbocycles. The molecule has 0 bridgehead atoms. The molecule has 2 aromatic rings. The van der Waals surface area contributed by atoms with Gasteiger partial charge >= 0.3 is 5.97 Å². The molecule has 3 rings (SSSR count). The Morgan fingerprint density at radius 2 is 1.76 bits per heavy atom. The van der Waals surface area contributed by atoms with Gasteiger partial charge in [0.25, 0.3) is 5.91 Å². The van der Waals surface area contributed by atoms with E-state index in [1.807, 2.05) is 4.90 Å². The zero-order valence-electron chi connectivity index (χ0n) is 19.2. The molecule has 0 aromatic heterocycles. The van der Waals surface area contributed by atoms with Crippen molar-refractivity contribution in [2.24, 2.45) is 0 Å². The Hall–Kier alpha value is -3.11. The number of para-hydroxylation sites is 2. The fourth-order valence-corrected chi connectivity index (χ4v) is 4.47. The maximum atomic E-state index is 13.1. The average Bonchev–Trinajstić information content (AvgIpc) is 3.33. The Morgan fingerprint density at radius 3 is 2.39 bits per heavy atom. The van der Waals surface area contributed by atoms with Gasteiger partial charge in [-0.2, -0.15) is 0 Å². The van der Waals surface area contributed by atoms with Crippen LogP contribution in [0.3, 0.4) is 0 Å². The number of amides is 1. The minimum absolute atomic E-state index is 0.0199. The van der Waals surface area contributed by atoms with E-state index in [-0.39, 0.29) is 10.5 Å². The van der Waals surface area contributed by atoms with Crippen molar-refractivity contribution in [1.29, 1.82) is 0 Å². The van der Waals surface area contributed by atoms with Crippen LogP contribution in [0.5, 0.6) is 5.75 Å². The molecule has 1 fully saturated rings. The van der Waals surface area contributed by atoms with E-state index in [9.17, 15) is 18.0 Å². The van der Waals surface area contributed by atoms with Crippen LogP contribution in [0.1, 0.15) is 30.1 Å². The van der Waals surface area contributed by atoms with Crippen LogP contribution in [0.15, 0.2) is 47.4 Å². The summed E-state index contributed by atoms with van der Waals surface area (Å²) >= 11 is 0. The molecule has 2 aromatic carbocycles. The van der Waals surface area contributed by atoms with Crippen molar-refractivity contribution in [2.45, 2.75) is 30.8 Å². The van der Waals surface area contributed by atoms with Gasteiger partial charge in [0, 0.05) is 27.2 Å². The molecule has 1 aliphatic heterocycles. The van der Waals surface area contributed by atoms with E-state index >= 15 is 0 Å². The number of hydrogen-bond acceptors (Lipinski definition) is 7. The first-order chi connectivity index (χ1) is 15.6. The number of carbonyl (C=O) groups is 2. The molecule has 1 saturated heterocycles. The summed E-state index contributed by atoms with van der Waals surface area (Å²) in [5.74, 6) is -0.828. The van der Waals surface area contributed by atoms with Crippen LogP contribution in [0.2, 0.25) is 0 Å². The second-order valence-corrected chi connectivity index (χ2v) is 10.0. The van der Waals surface area contributed by atoms with Gasteiger partial charge in [-0.1, -0.05) is 12.1 Å². The summed E-state index contributed by atoms with van der Waals surface area (Å²) in [4.78, 5) is 27.7. The van der Waals surface area contributed by atoms with Crippen molar-refractivity contribution in [3.05, 3.63) is 48.0 Å². The van der Waals surface area contributed by atoms with Crippen molar-refractivity contribution in [2.75, 3.05) is 44.5 Å². The molecular weight excluding hydrogens is 446 g/mol. The minimum Gasteiger partial charge on any atom is -0.495 e. The summed E-state index contributed by atoms with van der Waals surface area (Å²) in [5.41, 5.74) is 1.15. The second kappa shape index (κ2) is 10.2. The quantitative estimate of drug-likeness (QED) is 0.585. The van der Waals surface area contributed by atoms with Crippen molar-refractivity contribution < 1.29 is 27.5 Å². The number of rotatable bonds is 8. The maximum absolute atomic E-state index is 13.1. The molecule has 1 aliphatic rings. The number of esters is 1. The molecule has 1 N–H and O–H groups in total. The summed E-state index contributed by atoms with van der Waals surface area (Å²) < 4.78 is 37.0. The van der Waals surface area contributed by atoms with E-state index in [4.69, 9.17) is 9.47 Å². The summed E-state index contributed by atoms with van der Waals surface area (Å²) in [6, 6.07) is 11.3. The highest BCUT2D eigenvalue weighted by atomic mass is 32.2. The summed E-state index contributed by atoms with van der Waals surface area (Å²) in [7, 11) is 0.582. The largest absolute Gasteiger partial charge is 0.495 e. The Labute approximate surface area is 194 Å². The van der Waals surface area contributed by atoms with Crippen LogP contribution in [-0.4, -0.2) is 65.0 Å². The number of hydrogen-bond donors (Lipinski definition) is 1. The van der Waals surface area contributed by atoms with Crippen molar-refractivity contribution in [3.63, 3.8) is 0 Å². The molecule has 33 heavy (non-hydrogen) atoms. The minimum atomic E-state index is -3.75. The van der Waals surface area contributed by atoms with Gasteiger partial charge in [-0.25, -0.2) is 17.5 Å². The van der Waals surface area contributed by atoms with Gasteiger partial charge in [-0.3, -0.25) is 4.79 Å². The third-order valence-corrected chi connectivity index (χ3v) is 7.24. The Balaban J connectivity index is 1.85. The first-order valence-corrected chi connectivity index (χ1v) is 12.1. The van der Waals surface area contributed by atoms with E-state index in [0.29, 0.717) is 17.1 Å². The van der Waals surface area contributed by atoms with Crippen LogP contribution in [-0.2, 0) is 19.6 Å². The van der Waals surface area contributed by atoms with E-state index in [0.717, 1.165) is 30.2 Å². The number of anilines is 2. The predicted octanol–water partition coefficient (Wildman–Crippen LogP) is 2.73.